The van der Waals surface area contributed by atoms with Crippen LogP contribution in [0.5, 0.6) is 0 Å². The zero-order chi connectivity index (χ0) is 19.6. The van der Waals surface area contributed by atoms with Crippen molar-refractivity contribution in [2.75, 3.05) is 20.7 Å². The number of hydrogen-bond donors (Lipinski definition) is 2. The second-order valence-electron chi connectivity index (χ2n) is 7.65. The first-order valence-electron chi connectivity index (χ1n) is 9.77. The van der Waals surface area contributed by atoms with Gasteiger partial charge in [-0.15, -0.1) is 0 Å². The van der Waals surface area contributed by atoms with E-state index in [9.17, 15) is 0 Å². The maximum absolute atomic E-state index is 6.03. The summed E-state index contributed by atoms with van der Waals surface area (Å²) in [5.74, 6) is 2.62. The van der Waals surface area contributed by atoms with Crippen LogP contribution in [-0.2, 0) is 29.7 Å². The van der Waals surface area contributed by atoms with E-state index in [1.54, 1.807) is 7.11 Å². The van der Waals surface area contributed by atoms with Crippen molar-refractivity contribution in [3.63, 3.8) is 0 Å². The third kappa shape index (κ3) is 4.15. The van der Waals surface area contributed by atoms with Crippen LogP contribution in [0.15, 0.2) is 29.3 Å². The van der Waals surface area contributed by atoms with Crippen LogP contribution < -0.4 is 10.6 Å². The number of methoxy groups -OCH3 is 1. The number of fused-ring (bicyclic) bond motifs is 1. The van der Waals surface area contributed by atoms with Gasteiger partial charge in [-0.25, -0.2) is 9.67 Å². The van der Waals surface area contributed by atoms with E-state index in [4.69, 9.17) is 16.3 Å². The van der Waals surface area contributed by atoms with Crippen molar-refractivity contribution in [2.24, 2.45) is 4.99 Å². The molecule has 4 rings (SSSR count). The van der Waals surface area contributed by atoms with E-state index in [1.165, 1.54) is 18.4 Å². The highest BCUT2D eigenvalue weighted by molar-refractivity contribution is 6.30. The van der Waals surface area contributed by atoms with Crippen LogP contribution >= 0.6 is 11.6 Å². The standard InChI is InChI=1S/C20H27ClN6O/c1-22-19(23-13-20(9-10-20)14-3-5-15(21)6-4-14)24-16-7-8-18-25-17(12-28-2)26-27(18)11-16/h3-6,16H,7-13H2,1-2H3,(H2,22,23,24). The van der Waals surface area contributed by atoms with Crippen LogP contribution in [-0.4, -0.2) is 47.5 Å². The van der Waals surface area contributed by atoms with Crippen molar-refractivity contribution in [3.8, 4) is 0 Å². The van der Waals surface area contributed by atoms with Crippen LogP contribution in [0.25, 0.3) is 0 Å². The van der Waals surface area contributed by atoms with Gasteiger partial charge in [-0.05, 0) is 37.0 Å². The number of halogens is 1. The second-order valence-corrected chi connectivity index (χ2v) is 8.09. The quantitative estimate of drug-likeness (QED) is 0.572. The largest absolute Gasteiger partial charge is 0.377 e. The van der Waals surface area contributed by atoms with Crippen LogP contribution in [0.2, 0.25) is 5.02 Å². The average molecular weight is 403 g/mol. The fourth-order valence-corrected chi connectivity index (χ4v) is 3.96. The molecule has 1 atom stereocenters. The minimum absolute atomic E-state index is 0.197. The zero-order valence-electron chi connectivity index (χ0n) is 16.4. The lowest BCUT2D eigenvalue weighted by Crippen LogP contribution is -2.48. The van der Waals surface area contributed by atoms with Gasteiger partial charge in [0, 0.05) is 43.6 Å². The number of aryl methyl sites for hydroxylation is 1. The first kappa shape index (κ1) is 19.2. The van der Waals surface area contributed by atoms with E-state index in [0.29, 0.717) is 6.61 Å². The Labute approximate surface area is 170 Å². The van der Waals surface area contributed by atoms with Gasteiger partial charge in [0.2, 0.25) is 0 Å². The van der Waals surface area contributed by atoms with Crippen molar-refractivity contribution in [1.29, 1.82) is 0 Å². The minimum atomic E-state index is 0.197. The Morgan fingerprint density at radius 3 is 2.82 bits per heavy atom. The number of aliphatic imine (C=N–C) groups is 1. The third-order valence-electron chi connectivity index (χ3n) is 5.64. The molecule has 2 aliphatic rings. The van der Waals surface area contributed by atoms with Gasteiger partial charge in [0.05, 0.1) is 6.54 Å². The maximum Gasteiger partial charge on any atom is 0.191 e. The van der Waals surface area contributed by atoms with Gasteiger partial charge in [0.1, 0.15) is 12.4 Å². The third-order valence-corrected chi connectivity index (χ3v) is 5.90. The molecule has 28 heavy (non-hydrogen) atoms. The summed E-state index contributed by atoms with van der Waals surface area (Å²) in [6.07, 6.45) is 4.29. The highest BCUT2D eigenvalue weighted by atomic mass is 35.5. The molecular formula is C20H27ClN6O. The Bertz CT molecular complexity index is 843. The molecule has 0 amide bonds. The summed E-state index contributed by atoms with van der Waals surface area (Å²) in [6, 6.07) is 8.50. The predicted molar refractivity (Wildman–Crippen MR) is 110 cm³/mol. The molecule has 7 nitrogen and oxygen atoms in total. The molecule has 8 heteroatoms. The topological polar surface area (TPSA) is 76.4 Å². The number of aromatic nitrogens is 3. The molecule has 0 saturated heterocycles. The first-order chi connectivity index (χ1) is 13.6. The van der Waals surface area contributed by atoms with Crippen molar-refractivity contribution >= 4 is 17.6 Å². The Kier molecular flexibility index (Phi) is 5.55. The Balaban J connectivity index is 1.33. The van der Waals surface area contributed by atoms with Gasteiger partial charge in [0.25, 0.3) is 0 Å². The molecule has 1 saturated carbocycles. The Morgan fingerprint density at radius 1 is 1.36 bits per heavy atom. The fourth-order valence-electron chi connectivity index (χ4n) is 3.83. The molecule has 1 unspecified atom stereocenters. The van der Waals surface area contributed by atoms with Crippen LogP contribution in [0, 0.1) is 0 Å². The lowest BCUT2D eigenvalue weighted by molar-refractivity contribution is 0.177. The number of nitrogens with zero attached hydrogens (tertiary/aromatic N) is 4. The number of ether oxygens (including phenoxy) is 1. The van der Waals surface area contributed by atoms with E-state index in [1.807, 2.05) is 23.9 Å². The van der Waals surface area contributed by atoms with Crippen LogP contribution in [0.3, 0.4) is 0 Å². The lowest BCUT2D eigenvalue weighted by Gasteiger charge is -2.26. The Hall–Kier alpha value is -2.12. The van der Waals surface area contributed by atoms with Crippen molar-refractivity contribution < 1.29 is 4.74 Å². The minimum Gasteiger partial charge on any atom is -0.377 e. The molecule has 1 aliphatic heterocycles. The number of benzene rings is 1. The van der Waals surface area contributed by atoms with Crippen molar-refractivity contribution in [3.05, 3.63) is 46.5 Å². The van der Waals surface area contributed by atoms with E-state index < -0.39 is 0 Å². The summed E-state index contributed by atoms with van der Waals surface area (Å²) in [7, 11) is 3.48. The first-order valence-corrected chi connectivity index (χ1v) is 10.1. The molecule has 0 radical (unpaired) electrons. The molecular weight excluding hydrogens is 376 g/mol. The molecule has 0 spiro atoms. The summed E-state index contributed by atoms with van der Waals surface area (Å²) in [6.45, 7) is 2.11. The monoisotopic (exact) mass is 402 g/mol. The number of rotatable bonds is 6. The van der Waals surface area contributed by atoms with E-state index >= 15 is 0 Å². The molecule has 1 aromatic carbocycles. The maximum atomic E-state index is 6.03. The highest BCUT2D eigenvalue weighted by Gasteiger charge is 2.44. The summed E-state index contributed by atoms with van der Waals surface area (Å²) >= 11 is 6.03. The molecule has 2 N–H and O–H groups in total. The lowest BCUT2D eigenvalue weighted by atomic mass is 9.96. The van der Waals surface area contributed by atoms with E-state index in [-0.39, 0.29) is 11.5 Å². The number of hydrogen-bond acceptors (Lipinski definition) is 4. The molecule has 0 bridgehead atoms. The van der Waals surface area contributed by atoms with Crippen molar-refractivity contribution in [2.45, 2.75) is 50.3 Å². The van der Waals surface area contributed by atoms with Crippen molar-refractivity contribution in [1.82, 2.24) is 25.4 Å². The summed E-state index contributed by atoms with van der Waals surface area (Å²) < 4.78 is 7.12. The molecule has 2 aromatic rings. The smallest absolute Gasteiger partial charge is 0.191 e. The molecule has 1 fully saturated rings. The van der Waals surface area contributed by atoms with Crippen LogP contribution in [0.1, 0.15) is 36.5 Å². The fraction of sp³-hybridized carbons (Fsp3) is 0.550. The number of guanidine groups is 1. The second kappa shape index (κ2) is 8.09. The SMILES string of the molecule is CN=C(NCC1(c2ccc(Cl)cc2)CC1)NC1CCc2nc(COC)nn2C1. The van der Waals surface area contributed by atoms with Gasteiger partial charge >= 0.3 is 0 Å². The molecule has 1 aromatic heterocycles. The summed E-state index contributed by atoms with van der Waals surface area (Å²) in [5, 5.41) is 12.4. The van der Waals surface area contributed by atoms with Gasteiger partial charge in [-0.2, -0.15) is 5.10 Å². The Morgan fingerprint density at radius 2 is 2.14 bits per heavy atom. The van der Waals surface area contributed by atoms with Gasteiger partial charge < -0.3 is 15.4 Å². The van der Waals surface area contributed by atoms with E-state index in [2.05, 4.69) is 37.8 Å². The van der Waals surface area contributed by atoms with Gasteiger partial charge in [-0.1, -0.05) is 23.7 Å². The molecule has 150 valence electrons. The summed E-state index contributed by atoms with van der Waals surface area (Å²) in [5.41, 5.74) is 1.54. The molecule has 1 aliphatic carbocycles. The van der Waals surface area contributed by atoms with Gasteiger partial charge in [0.15, 0.2) is 11.8 Å². The average Bonchev–Trinajstić information content (AvgIpc) is 3.38. The zero-order valence-corrected chi connectivity index (χ0v) is 17.2. The normalized spacial score (nSPS) is 20.5. The predicted octanol–water partition coefficient (Wildman–Crippen LogP) is 2.29. The van der Waals surface area contributed by atoms with E-state index in [0.717, 1.165) is 48.6 Å². The number of nitrogens with one attached hydrogen (secondary N) is 2. The highest BCUT2D eigenvalue weighted by Crippen LogP contribution is 2.47. The van der Waals surface area contributed by atoms with Crippen LogP contribution in [0.4, 0.5) is 0 Å². The van der Waals surface area contributed by atoms with Gasteiger partial charge in [-0.3, -0.25) is 4.99 Å². The molecule has 2 heterocycles. The summed E-state index contributed by atoms with van der Waals surface area (Å²) in [4.78, 5) is 8.95.